The first kappa shape index (κ1) is 22.4. The summed E-state index contributed by atoms with van der Waals surface area (Å²) in [4.78, 5) is 50.4. The zero-order valence-corrected chi connectivity index (χ0v) is 17.2. The molecule has 1 aliphatic rings. The normalized spacial score (nSPS) is 14.1. The van der Waals surface area contributed by atoms with E-state index in [2.05, 4.69) is 0 Å². The molecule has 0 fully saturated rings. The number of carbonyl (C=O) groups excluding carboxylic acids is 4. The van der Waals surface area contributed by atoms with Crippen LogP contribution in [0.25, 0.3) is 0 Å². The highest BCUT2D eigenvalue weighted by Gasteiger charge is 2.36. The van der Waals surface area contributed by atoms with Crippen molar-refractivity contribution in [3.05, 3.63) is 23.8 Å². The number of rotatable bonds is 9. The Bertz CT molecular complexity index is 787. The van der Waals surface area contributed by atoms with Crippen molar-refractivity contribution in [2.24, 2.45) is 0 Å². The summed E-state index contributed by atoms with van der Waals surface area (Å²) < 4.78 is 15.6. The van der Waals surface area contributed by atoms with Crippen molar-refractivity contribution >= 4 is 29.3 Å². The first-order chi connectivity index (χ1) is 13.8. The second-order valence-electron chi connectivity index (χ2n) is 6.87. The molecule has 1 atom stereocenters. The van der Waals surface area contributed by atoms with Crippen molar-refractivity contribution in [2.75, 3.05) is 18.1 Å². The minimum atomic E-state index is -0.822. The number of esters is 2. The fourth-order valence-electron chi connectivity index (χ4n) is 3.04. The van der Waals surface area contributed by atoms with Crippen LogP contribution in [0.1, 0.15) is 57.3 Å². The van der Waals surface area contributed by atoms with E-state index in [1.807, 2.05) is 0 Å². The fourth-order valence-corrected chi connectivity index (χ4v) is 3.04. The molecule has 0 N–H and O–H groups in total. The molecule has 0 aliphatic carbocycles. The number of amides is 1. The van der Waals surface area contributed by atoms with E-state index in [-0.39, 0.29) is 43.8 Å². The Kier molecular flexibility index (Phi) is 7.75. The van der Waals surface area contributed by atoms with Crippen LogP contribution in [0.4, 0.5) is 5.69 Å². The van der Waals surface area contributed by atoms with E-state index >= 15 is 0 Å². The van der Waals surface area contributed by atoms with Crippen LogP contribution in [0, 0.1) is 0 Å². The van der Waals surface area contributed by atoms with E-state index in [4.69, 9.17) is 14.2 Å². The van der Waals surface area contributed by atoms with Gasteiger partial charge < -0.3 is 14.2 Å². The minimum absolute atomic E-state index is 0.0149. The predicted octanol–water partition coefficient (Wildman–Crippen LogP) is 2.67. The van der Waals surface area contributed by atoms with Crippen LogP contribution < -0.4 is 9.64 Å². The number of hydrogen-bond acceptors (Lipinski definition) is 7. The molecule has 1 aromatic rings. The number of ketones is 1. The van der Waals surface area contributed by atoms with Gasteiger partial charge in [0, 0.05) is 12.0 Å². The molecule has 29 heavy (non-hydrogen) atoms. The van der Waals surface area contributed by atoms with Gasteiger partial charge in [-0.15, -0.1) is 0 Å². The van der Waals surface area contributed by atoms with Crippen molar-refractivity contribution in [3.8, 4) is 5.75 Å². The smallest absolute Gasteiger partial charge is 0.329 e. The van der Waals surface area contributed by atoms with Crippen molar-refractivity contribution in [1.29, 1.82) is 0 Å². The van der Waals surface area contributed by atoms with Gasteiger partial charge in [0.2, 0.25) is 0 Å². The lowest BCUT2D eigenvalue weighted by molar-refractivity contribution is -0.150. The number of hydrogen-bond donors (Lipinski definition) is 0. The average molecular weight is 405 g/mol. The molecular weight excluding hydrogens is 378 g/mol. The maximum atomic E-state index is 12.6. The summed E-state index contributed by atoms with van der Waals surface area (Å²) in [5.74, 6) is -1.20. The van der Waals surface area contributed by atoms with Gasteiger partial charge in [0.25, 0.3) is 5.91 Å². The Hall–Kier alpha value is -2.90. The molecule has 0 saturated heterocycles. The van der Waals surface area contributed by atoms with Crippen molar-refractivity contribution < 1.29 is 33.4 Å². The summed E-state index contributed by atoms with van der Waals surface area (Å²) in [6.45, 7) is 7.01. The number of Topliss-reactive ketones (excluding diaryl/α,β-unsaturated/α-hetero) is 1. The molecule has 8 nitrogen and oxygen atoms in total. The first-order valence-corrected chi connectivity index (χ1v) is 9.76. The van der Waals surface area contributed by atoms with Gasteiger partial charge in [0.05, 0.1) is 24.8 Å². The molecule has 0 spiro atoms. The van der Waals surface area contributed by atoms with Crippen molar-refractivity contribution in [3.63, 3.8) is 0 Å². The SMILES string of the molecule is CCOC(=O)CCC(=O)c1ccc2c(c1)N(C(CC)C(=O)OC(C)C)C(=O)CO2. The Balaban J connectivity index is 2.29. The molecule has 2 rings (SSSR count). The molecule has 1 heterocycles. The number of fused-ring (bicyclic) bond motifs is 1. The fraction of sp³-hybridized carbons (Fsp3) is 0.524. The molecule has 0 radical (unpaired) electrons. The van der Waals surface area contributed by atoms with Crippen LogP contribution in [0.15, 0.2) is 18.2 Å². The highest BCUT2D eigenvalue weighted by molar-refractivity contribution is 6.05. The summed E-state index contributed by atoms with van der Waals surface area (Å²) in [6, 6.07) is 3.86. The Morgan fingerprint density at radius 1 is 1.17 bits per heavy atom. The van der Waals surface area contributed by atoms with Crippen molar-refractivity contribution in [2.45, 2.75) is 59.1 Å². The third-order valence-electron chi connectivity index (χ3n) is 4.34. The number of nitrogens with zero attached hydrogens (tertiary/aromatic N) is 1. The molecule has 0 saturated carbocycles. The summed E-state index contributed by atoms with van der Waals surface area (Å²) in [5.41, 5.74) is 0.666. The van der Waals surface area contributed by atoms with E-state index in [0.29, 0.717) is 23.4 Å². The predicted molar refractivity (Wildman–Crippen MR) is 105 cm³/mol. The standard InChI is InChI=1S/C21H27NO7/c1-5-15(21(26)29-13(3)4)22-16-11-14(7-9-18(16)28-12-19(22)24)17(23)8-10-20(25)27-6-2/h7,9,11,13,15H,5-6,8,10,12H2,1-4H3. The molecule has 0 bridgehead atoms. The van der Waals surface area contributed by atoms with Gasteiger partial charge in [-0.1, -0.05) is 6.92 Å². The Labute approximate surface area is 170 Å². The maximum Gasteiger partial charge on any atom is 0.329 e. The second kappa shape index (κ2) is 10.0. The highest BCUT2D eigenvalue weighted by atomic mass is 16.5. The van der Waals surface area contributed by atoms with Gasteiger partial charge >= 0.3 is 11.9 Å². The third-order valence-corrected chi connectivity index (χ3v) is 4.34. The van der Waals surface area contributed by atoms with Crippen LogP contribution in [0.3, 0.4) is 0 Å². The second-order valence-corrected chi connectivity index (χ2v) is 6.87. The van der Waals surface area contributed by atoms with E-state index in [9.17, 15) is 19.2 Å². The van der Waals surface area contributed by atoms with Crippen LogP contribution in [-0.2, 0) is 23.9 Å². The molecule has 1 amide bonds. The summed E-state index contributed by atoms with van der Waals surface area (Å²) in [7, 11) is 0. The van der Waals surface area contributed by atoms with E-state index < -0.39 is 18.0 Å². The molecule has 158 valence electrons. The molecule has 8 heteroatoms. The van der Waals surface area contributed by atoms with E-state index in [0.717, 1.165) is 0 Å². The molecular formula is C21H27NO7. The van der Waals surface area contributed by atoms with Crippen LogP contribution in [-0.4, -0.2) is 49.0 Å². The minimum Gasteiger partial charge on any atom is -0.482 e. The lowest BCUT2D eigenvalue weighted by Crippen LogP contribution is -2.50. The van der Waals surface area contributed by atoms with E-state index in [1.165, 1.54) is 11.0 Å². The number of carbonyl (C=O) groups is 4. The van der Waals surface area contributed by atoms with Gasteiger partial charge in [-0.3, -0.25) is 19.3 Å². The monoisotopic (exact) mass is 405 g/mol. The highest BCUT2D eigenvalue weighted by Crippen LogP contribution is 2.35. The lowest BCUT2D eigenvalue weighted by Gasteiger charge is -2.34. The third kappa shape index (κ3) is 5.56. The Morgan fingerprint density at radius 3 is 2.52 bits per heavy atom. The summed E-state index contributed by atoms with van der Waals surface area (Å²) in [6.07, 6.45) is -0.0132. The first-order valence-electron chi connectivity index (χ1n) is 9.76. The number of anilines is 1. The number of benzene rings is 1. The molecule has 1 aromatic carbocycles. The van der Waals surface area contributed by atoms with Gasteiger partial charge in [-0.05, 0) is 45.4 Å². The van der Waals surface area contributed by atoms with Gasteiger partial charge in [-0.2, -0.15) is 0 Å². The van der Waals surface area contributed by atoms with Gasteiger partial charge in [0.1, 0.15) is 11.8 Å². The van der Waals surface area contributed by atoms with Crippen LogP contribution in [0.2, 0.25) is 0 Å². The maximum absolute atomic E-state index is 12.6. The van der Waals surface area contributed by atoms with Gasteiger partial charge in [-0.25, -0.2) is 4.79 Å². The quantitative estimate of drug-likeness (QED) is 0.460. The van der Waals surface area contributed by atoms with E-state index in [1.54, 1.807) is 39.8 Å². The summed E-state index contributed by atoms with van der Waals surface area (Å²) >= 11 is 0. The topological polar surface area (TPSA) is 99.2 Å². The average Bonchev–Trinajstić information content (AvgIpc) is 2.67. The Morgan fingerprint density at radius 2 is 1.90 bits per heavy atom. The molecule has 1 unspecified atom stereocenters. The largest absolute Gasteiger partial charge is 0.482 e. The zero-order valence-electron chi connectivity index (χ0n) is 17.2. The number of ether oxygens (including phenoxy) is 3. The molecule has 1 aliphatic heterocycles. The molecule has 0 aromatic heterocycles. The van der Waals surface area contributed by atoms with Crippen LogP contribution >= 0.6 is 0 Å². The summed E-state index contributed by atoms with van der Waals surface area (Å²) in [5, 5.41) is 0. The van der Waals surface area contributed by atoms with Crippen molar-refractivity contribution in [1.82, 2.24) is 0 Å². The zero-order chi connectivity index (χ0) is 21.6. The van der Waals surface area contributed by atoms with Gasteiger partial charge in [0.15, 0.2) is 12.4 Å². The van der Waals surface area contributed by atoms with Crippen LogP contribution in [0.5, 0.6) is 5.75 Å². The lowest BCUT2D eigenvalue weighted by atomic mass is 10.0.